The molecule has 2 atom stereocenters. The summed E-state index contributed by atoms with van der Waals surface area (Å²) in [6.45, 7) is 0.278. The van der Waals surface area contributed by atoms with Crippen LogP contribution in [0.3, 0.4) is 0 Å². The summed E-state index contributed by atoms with van der Waals surface area (Å²) >= 11 is 0. The predicted octanol–water partition coefficient (Wildman–Crippen LogP) is 6.71. The first-order valence-corrected chi connectivity index (χ1v) is 13.2. The minimum absolute atomic E-state index is 0.278. The number of aliphatic hydroxyl groups is 1. The Kier molecular flexibility index (Phi) is 5.52. The minimum atomic E-state index is -1.48. The largest absolute Gasteiger partial charge is 0.361 e. The highest BCUT2D eigenvalue weighted by Gasteiger charge is 2.59. The van der Waals surface area contributed by atoms with Crippen LogP contribution in [0, 0.1) is 0 Å². The summed E-state index contributed by atoms with van der Waals surface area (Å²) in [6, 6.07) is 47.9. The van der Waals surface area contributed by atoms with Gasteiger partial charge in [-0.15, -0.1) is 0 Å². The Morgan fingerprint density at radius 1 is 0.605 bits per heavy atom. The zero-order valence-electron chi connectivity index (χ0n) is 21.1. The molecule has 1 aliphatic heterocycles. The Labute approximate surface area is 223 Å². The standard InChI is InChI=1S/C35H29NO2/c37-35(28-18-8-3-9-19-28)33(24-26-14-4-1-5-15-26)36(25-38-35)34(27-16-6-2-7-17-27)31-22-12-10-20-29(31)30-21-11-13-23-32(30)34/h1-23,33,37H,24-25H2/t33-,35?/m0/s1. The second kappa shape index (κ2) is 9.07. The molecule has 0 spiro atoms. The minimum Gasteiger partial charge on any atom is -0.361 e. The van der Waals surface area contributed by atoms with Gasteiger partial charge in [-0.3, -0.25) is 4.90 Å². The zero-order valence-corrected chi connectivity index (χ0v) is 21.1. The Morgan fingerprint density at radius 3 is 1.66 bits per heavy atom. The summed E-state index contributed by atoms with van der Waals surface area (Å²) in [6.07, 6.45) is 0.630. The van der Waals surface area contributed by atoms with E-state index in [1.807, 2.05) is 36.4 Å². The Hall–Kier alpha value is -4.02. The van der Waals surface area contributed by atoms with Gasteiger partial charge in [0.15, 0.2) is 0 Å². The van der Waals surface area contributed by atoms with Crippen LogP contribution in [0.5, 0.6) is 0 Å². The van der Waals surface area contributed by atoms with Crippen molar-refractivity contribution in [2.45, 2.75) is 23.8 Å². The Morgan fingerprint density at radius 2 is 1.08 bits per heavy atom. The van der Waals surface area contributed by atoms with Crippen molar-refractivity contribution in [3.8, 4) is 11.1 Å². The average Bonchev–Trinajstić information content (AvgIpc) is 3.48. The molecular formula is C35H29NO2. The van der Waals surface area contributed by atoms with Gasteiger partial charge in [-0.25, -0.2) is 0 Å². The number of nitrogens with zero attached hydrogens (tertiary/aromatic N) is 1. The van der Waals surface area contributed by atoms with E-state index in [1.54, 1.807) is 0 Å². The van der Waals surface area contributed by atoms with Gasteiger partial charge in [-0.2, -0.15) is 0 Å². The molecule has 38 heavy (non-hydrogen) atoms. The van der Waals surface area contributed by atoms with Gasteiger partial charge < -0.3 is 9.84 Å². The van der Waals surface area contributed by atoms with Gasteiger partial charge in [-0.1, -0.05) is 140 Å². The smallest absolute Gasteiger partial charge is 0.210 e. The molecule has 3 heteroatoms. The molecule has 1 heterocycles. The third-order valence-corrected chi connectivity index (χ3v) is 8.26. The molecule has 1 N–H and O–H groups in total. The van der Waals surface area contributed by atoms with E-state index in [0.29, 0.717) is 6.42 Å². The average molecular weight is 496 g/mol. The van der Waals surface area contributed by atoms with Crippen LogP contribution in [-0.2, 0) is 22.5 Å². The van der Waals surface area contributed by atoms with Crippen LogP contribution in [-0.4, -0.2) is 22.8 Å². The van der Waals surface area contributed by atoms with E-state index >= 15 is 0 Å². The first-order valence-electron chi connectivity index (χ1n) is 13.2. The third kappa shape index (κ3) is 3.33. The molecular weight excluding hydrogens is 466 g/mol. The Balaban J connectivity index is 1.51. The maximum atomic E-state index is 12.4. The van der Waals surface area contributed by atoms with Crippen molar-refractivity contribution in [2.24, 2.45) is 0 Å². The van der Waals surface area contributed by atoms with Gasteiger partial charge in [0.25, 0.3) is 0 Å². The number of fused-ring (bicyclic) bond motifs is 3. The summed E-state index contributed by atoms with van der Waals surface area (Å²) in [4.78, 5) is 2.40. The van der Waals surface area contributed by atoms with Gasteiger partial charge >= 0.3 is 0 Å². The monoisotopic (exact) mass is 495 g/mol. The van der Waals surface area contributed by atoms with Crippen molar-refractivity contribution >= 4 is 0 Å². The first kappa shape index (κ1) is 23.1. The number of hydrogen-bond donors (Lipinski definition) is 1. The van der Waals surface area contributed by atoms with E-state index in [1.165, 1.54) is 22.3 Å². The molecule has 1 aliphatic carbocycles. The fraction of sp³-hybridized carbons (Fsp3) is 0.143. The molecule has 186 valence electrons. The number of benzene rings is 5. The number of ether oxygens (including phenoxy) is 1. The summed E-state index contributed by atoms with van der Waals surface area (Å²) < 4.78 is 6.49. The Bertz CT molecular complexity index is 1520. The SMILES string of the molecule is OC1(c2ccccc2)OCN(C2(c3ccccc3)c3ccccc3-c3ccccc32)[C@H]1Cc1ccccc1. The van der Waals surface area contributed by atoms with Crippen LogP contribution in [0.4, 0.5) is 0 Å². The third-order valence-electron chi connectivity index (χ3n) is 8.26. The van der Waals surface area contributed by atoms with Gasteiger partial charge in [0, 0.05) is 5.56 Å². The van der Waals surface area contributed by atoms with Crippen molar-refractivity contribution < 1.29 is 9.84 Å². The molecule has 0 bridgehead atoms. The zero-order chi connectivity index (χ0) is 25.6. The van der Waals surface area contributed by atoms with E-state index in [9.17, 15) is 5.11 Å². The van der Waals surface area contributed by atoms with E-state index in [4.69, 9.17) is 4.74 Å². The van der Waals surface area contributed by atoms with Crippen molar-refractivity contribution in [1.29, 1.82) is 0 Å². The van der Waals surface area contributed by atoms with E-state index in [2.05, 4.69) is 108 Å². The molecule has 0 amide bonds. The number of hydrogen-bond acceptors (Lipinski definition) is 3. The molecule has 3 nitrogen and oxygen atoms in total. The van der Waals surface area contributed by atoms with Crippen LogP contribution in [0.1, 0.15) is 27.8 Å². The fourth-order valence-electron chi connectivity index (χ4n) is 6.61. The molecule has 7 rings (SSSR count). The molecule has 2 aliphatic rings. The second-order valence-electron chi connectivity index (χ2n) is 10.2. The van der Waals surface area contributed by atoms with Crippen LogP contribution in [0.15, 0.2) is 140 Å². The van der Waals surface area contributed by atoms with E-state index < -0.39 is 11.3 Å². The highest BCUT2D eigenvalue weighted by atomic mass is 16.6. The molecule has 0 radical (unpaired) electrons. The lowest BCUT2D eigenvalue weighted by atomic mass is 9.77. The normalized spacial score (nSPS) is 21.7. The lowest BCUT2D eigenvalue weighted by Crippen LogP contribution is -2.54. The van der Waals surface area contributed by atoms with Crippen LogP contribution in [0.2, 0.25) is 0 Å². The van der Waals surface area contributed by atoms with Gasteiger partial charge in [0.1, 0.15) is 12.3 Å². The molecule has 1 fully saturated rings. The maximum absolute atomic E-state index is 12.4. The molecule has 5 aromatic rings. The first-order chi connectivity index (χ1) is 18.7. The summed E-state index contributed by atoms with van der Waals surface area (Å²) in [7, 11) is 0. The van der Waals surface area contributed by atoms with Crippen LogP contribution >= 0.6 is 0 Å². The molecule has 0 saturated carbocycles. The molecule has 0 aromatic heterocycles. The summed E-state index contributed by atoms with van der Waals surface area (Å²) in [5.74, 6) is -1.48. The van der Waals surface area contributed by atoms with Gasteiger partial charge in [0.05, 0.1) is 6.04 Å². The second-order valence-corrected chi connectivity index (χ2v) is 10.2. The van der Waals surface area contributed by atoms with Crippen molar-refractivity contribution in [3.63, 3.8) is 0 Å². The topological polar surface area (TPSA) is 32.7 Å². The highest BCUT2D eigenvalue weighted by molar-refractivity contribution is 5.83. The highest BCUT2D eigenvalue weighted by Crippen LogP contribution is 2.57. The number of rotatable bonds is 5. The van der Waals surface area contributed by atoms with Gasteiger partial charge in [0.2, 0.25) is 5.79 Å². The van der Waals surface area contributed by atoms with E-state index in [-0.39, 0.29) is 12.8 Å². The van der Waals surface area contributed by atoms with Crippen LogP contribution < -0.4 is 0 Å². The quantitative estimate of drug-likeness (QED) is 0.294. The van der Waals surface area contributed by atoms with Crippen molar-refractivity contribution in [3.05, 3.63) is 167 Å². The lowest BCUT2D eigenvalue weighted by Gasteiger charge is -2.45. The van der Waals surface area contributed by atoms with E-state index in [0.717, 1.165) is 16.7 Å². The van der Waals surface area contributed by atoms with Gasteiger partial charge in [-0.05, 0) is 39.8 Å². The lowest BCUT2D eigenvalue weighted by molar-refractivity contribution is -0.187. The molecule has 1 saturated heterocycles. The molecule has 1 unspecified atom stereocenters. The predicted molar refractivity (Wildman–Crippen MR) is 150 cm³/mol. The maximum Gasteiger partial charge on any atom is 0.210 e. The fourth-order valence-corrected chi connectivity index (χ4v) is 6.61. The summed E-state index contributed by atoms with van der Waals surface area (Å²) in [5, 5.41) is 12.4. The summed E-state index contributed by atoms with van der Waals surface area (Å²) in [5.41, 5.74) is 7.33. The van der Waals surface area contributed by atoms with Crippen molar-refractivity contribution in [1.82, 2.24) is 4.90 Å². The molecule has 5 aromatic carbocycles. The van der Waals surface area contributed by atoms with Crippen molar-refractivity contribution in [2.75, 3.05) is 6.73 Å². The van der Waals surface area contributed by atoms with Crippen LogP contribution in [0.25, 0.3) is 11.1 Å².